The summed E-state index contributed by atoms with van der Waals surface area (Å²) in [5.74, 6) is -0.144. The number of thiazole rings is 1. The maximum absolute atomic E-state index is 12.2. The van der Waals surface area contributed by atoms with Crippen LogP contribution < -0.4 is 10.6 Å². The van der Waals surface area contributed by atoms with Gasteiger partial charge >= 0.3 is 0 Å². The highest BCUT2D eigenvalue weighted by Crippen LogP contribution is 2.17. The Hall–Kier alpha value is -2.66. The highest BCUT2D eigenvalue weighted by atomic mass is 32.1. The standard InChI is InChI=1S/C19H19N3OS/c1-13-5-3-4-6-16(13)11-20-17-9-7-15(8-10-17)18(23)22-19-21-14(2)12-24-19/h3-10,12,20H,11H2,1-2H3,(H,21,22,23). The number of nitrogens with zero attached hydrogens (tertiary/aromatic N) is 1. The Kier molecular flexibility index (Phi) is 4.91. The van der Waals surface area contributed by atoms with Gasteiger partial charge in [0.25, 0.3) is 5.91 Å². The Balaban J connectivity index is 1.60. The molecular weight excluding hydrogens is 318 g/mol. The molecule has 0 saturated heterocycles. The summed E-state index contributed by atoms with van der Waals surface area (Å²) in [6, 6.07) is 15.8. The molecule has 0 aliphatic rings. The number of rotatable bonds is 5. The number of nitrogens with one attached hydrogen (secondary N) is 2. The SMILES string of the molecule is Cc1csc(NC(=O)c2ccc(NCc3ccccc3C)cc2)n1. The van der Waals surface area contributed by atoms with Crippen molar-refractivity contribution in [1.29, 1.82) is 0 Å². The molecule has 0 fully saturated rings. The van der Waals surface area contributed by atoms with Crippen molar-refractivity contribution < 1.29 is 4.79 Å². The minimum atomic E-state index is -0.144. The first kappa shape index (κ1) is 16.2. The van der Waals surface area contributed by atoms with E-state index in [-0.39, 0.29) is 5.91 Å². The third-order valence-corrected chi connectivity index (χ3v) is 4.61. The fourth-order valence-electron chi connectivity index (χ4n) is 2.33. The summed E-state index contributed by atoms with van der Waals surface area (Å²) in [6.45, 7) is 4.77. The van der Waals surface area contributed by atoms with E-state index >= 15 is 0 Å². The molecule has 0 bridgehead atoms. The Morgan fingerprint density at radius 2 is 1.83 bits per heavy atom. The summed E-state index contributed by atoms with van der Waals surface area (Å²) < 4.78 is 0. The van der Waals surface area contributed by atoms with Crippen LogP contribution in [-0.4, -0.2) is 10.9 Å². The van der Waals surface area contributed by atoms with Crippen LogP contribution in [0.5, 0.6) is 0 Å². The van der Waals surface area contributed by atoms with E-state index in [1.54, 1.807) is 0 Å². The first-order valence-corrected chi connectivity index (χ1v) is 8.62. The van der Waals surface area contributed by atoms with Crippen LogP contribution in [0.3, 0.4) is 0 Å². The molecule has 2 N–H and O–H groups in total. The van der Waals surface area contributed by atoms with Crippen molar-refractivity contribution in [3.8, 4) is 0 Å². The molecule has 0 aliphatic heterocycles. The number of aromatic nitrogens is 1. The average Bonchev–Trinajstić information content (AvgIpc) is 2.99. The van der Waals surface area contributed by atoms with E-state index in [2.05, 4.69) is 34.7 Å². The summed E-state index contributed by atoms with van der Waals surface area (Å²) in [7, 11) is 0. The molecule has 0 atom stereocenters. The zero-order chi connectivity index (χ0) is 16.9. The van der Waals surface area contributed by atoms with Crippen molar-refractivity contribution in [3.63, 3.8) is 0 Å². The molecule has 5 heteroatoms. The first-order chi connectivity index (χ1) is 11.6. The van der Waals surface area contributed by atoms with Crippen molar-refractivity contribution in [1.82, 2.24) is 4.98 Å². The van der Waals surface area contributed by atoms with E-state index in [9.17, 15) is 4.79 Å². The molecule has 1 aromatic heterocycles. The topological polar surface area (TPSA) is 54.0 Å². The molecule has 0 aliphatic carbocycles. The van der Waals surface area contributed by atoms with Crippen LogP contribution in [0.15, 0.2) is 53.9 Å². The molecule has 122 valence electrons. The van der Waals surface area contributed by atoms with Gasteiger partial charge in [-0.2, -0.15) is 0 Å². The van der Waals surface area contributed by atoms with Crippen LogP contribution in [0.1, 0.15) is 27.2 Å². The lowest BCUT2D eigenvalue weighted by Gasteiger charge is -2.09. The molecule has 1 heterocycles. The van der Waals surface area contributed by atoms with Crippen molar-refractivity contribution in [2.45, 2.75) is 20.4 Å². The molecule has 3 rings (SSSR count). The fraction of sp³-hybridized carbons (Fsp3) is 0.158. The van der Waals surface area contributed by atoms with E-state index in [0.29, 0.717) is 10.7 Å². The van der Waals surface area contributed by atoms with Crippen molar-refractivity contribution in [2.75, 3.05) is 10.6 Å². The van der Waals surface area contributed by atoms with Crippen LogP contribution in [0.25, 0.3) is 0 Å². The summed E-state index contributed by atoms with van der Waals surface area (Å²) in [5, 5.41) is 8.73. The van der Waals surface area contributed by atoms with Gasteiger partial charge in [-0.1, -0.05) is 24.3 Å². The molecule has 2 aromatic carbocycles. The molecule has 3 aromatic rings. The highest BCUT2D eigenvalue weighted by molar-refractivity contribution is 7.13. The summed E-state index contributed by atoms with van der Waals surface area (Å²) in [4.78, 5) is 16.4. The molecule has 0 radical (unpaired) electrons. The van der Waals surface area contributed by atoms with Crippen molar-refractivity contribution in [2.24, 2.45) is 0 Å². The summed E-state index contributed by atoms with van der Waals surface area (Å²) in [5.41, 5.74) is 5.04. The van der Waals surface area contributed by atoms with Gasteiger partial charge in [0, 0.05) is 23.2 Å². The van der Waals surface area contributed by atoms with Crippen LogP contribution in [0.4, 0.5) is 10.8 Å². The number of anilines is 2. The van der Waals surface area contributed by atoms with Gasteiger partial charge in [0.05, 0.1) is 5.69 Å². The van der Waals surface area contributed by atoms with E-state index in [0.717, 1.165) is 17.9 Å². The molecule has 4 nitrogen and oxygen atoms in total. The largest absolute Gasteiger partial charge is 0.381 e. The average molecular weight is 337 g/mol. The summed E-state index contributed by atoms with van der Waals surface area (Å²) in [6.07, 6.45) is 0. The van der Waals surface area contributed by atoms with E-state index in [1.807, 2.05) is 48.7 Å². The second kappa shape index (κ2) is 7.27. The zero-order valence-corrected chi connectivity index (χ0v) is 14.5. The molecule has 0 unspecified atom stereocenters. The predicted octanol–water partition coefficient (Wildman–Crippen LogP) is 4.62. The van der Waals surface area contributed by atoms with Crippen LogP contribution in [0.2, 0.25) is 0 Å². The van der Waals surface area contributed by atoms with Crippen molar-refractivity contribution >= 4 is 28.1 Å². The monoisotopic (exact) mass is 337 g/mol. The molecule has 1 amide bonds. The molecule has 0 spiro atoms. The minimum Gasteiger partial charge on any atom is -0.381 e. The quantitative estimate of drug-likeness (QED) is 0.714. The third-order valence-electron chi connectivity index (χ3n) is 3.73. The Bertz CT molecular complexity index is 840. The normalized spacial score (nSPS) is 10.4. The Morgan fingerprint density at radius 1 is 1.08 bits per heavy atom. The van der Waals surface area contributed by atoms with Crippen molar-refractivity contribution in [3.05, 3.63) is 76.3 Å². The maximum atomic E-state index is 12.2. The lowest BCUT2D eigenvalue weighted by molar-refractivity contribution is 0.102. The number of aryl methyl sites for hydroxylation is 2. The molecular formula is C19H19N3OS. The number of amides is 1. The van der Waals surface area contributed by atoms with E-state index in [1.165, 1.54) is 22.5 Å². The lowest BCUT2D eigenvalue weighted by Crippen LogP contribution is -2.11. The second-order valence-corrected chi connectivity index (χ2v) is 6.46. The number of carbonyl (C=O) groups is 1. The zero-order valence-electron chi connectivity index (χ0n) is 13.7. The van der Waals surface area contributed by atoms with Gasteiger partial charge in [-0.3, -0.25) is 10.1 Å². The molecule has 24 heavy (non-hydrogen) atoms. The number of benzene rings is 2. The van der Waals surface area contributed by atoms with Gasteiger partial charge in [0.15, 0.2) is 5.13 Å². The van der Waals surface area contributed by atoms with Gasteiger partial charge in [0.1, 0.15) is 0 Å². The highest BCUT2D eigenvalue weighted by Gasteiger charge is 2.08. The lowest BCUT2D eigenvalue weighted by atomic mass is 10.1. The number of hydrogen-bond donors (Lipinski definition) is 2. The van der Waals surface area contributed by atoms with Crippen LogP contribution in [-0.2, 0) is 6.54 Å². The molecule has 0 saturated carbocycles. The van der Waals surface area contributed by atoms with E-state index < -0.39 is 0 Å². The summed E-state index contributed by atoms with van der Waals surface area (Å²) >= 11 is 1.43. The number of carbonyl (C=O) groups excluding carboxylic acids is 1. The Labute approximate surface area is 145 Å². The van der Waals surface area contributed by atoms with Crippen LogP contribution in [0, 0.1) is 13.8 Å². The van der Waals surface area contributed by atoms with Crippen LogP contribution >= 0.6 is 11.3 Å². The maximum Gasteiger partial charge on any atom is 0.257 e. The minimum absolute atomic E-state index is 0.144. The van der Waals surface area contributed by atoms with Gasteiger partial charge in [-0.05, 0) is 49.2 Å². The third kappa shape index (κ3) is 4.00. The fourth-order valence-corrected chi connectivity index (χ4v) is 3.01. The second-order valence-electron chi connectivity index (χ2n) is 5.61. The Morgan fingerprint density at radius 3 is 2.50 bits per heavy atom. The van der Waals surface area contributed by atoms with Gasteiger partial charge in [0.2, 0.25) is 0 Å². The van der Waals surface area contributed by atoms with Gasteiger partial charge in [-0.25, -0.2) is 4.98 Å². The van der Waals surface area contributed by atoms with Gasteiger partial charge in [-0.15, -0.1) is 11.3 Å². The smallest absolute Gasteiger partial charge is 0.257 e. The first-order valence-electron chi connectivity index (χ1n) is 7.74. The van der Waals surface area contributed by atoms with E-state index in [4.69, 9.17) is 0 Å². The number of hydrogen-bond acceptors (Lipinski definition) is 4. The predicted molar refractivity (Wildman–Crippen MR) is 99.8 cm³/mol. The van der Waals surface area contributed by atoms with Gasteiger partial charge < -0.3 is 5.32 Å².